The van der Waals surface area contributed by atoms with Gasteiger partial charge in [0.25, 0.3) is 0 Å². The number of nitrogens with one attached hydrogen (secondary N) is 1. The summed E-state index contributed by atoms with van der Waals surface area (Å²) in [6, 6.07) is 15.8. The van der Waals surface area contributed by atoms with Gasteiger partial charge >= 0.3 is 6.09 Å². The van der Waals surface area contributed by atoms with E-state index >= 15 is 0 Å². The number of carbonyl (C=O) groups is 1. The quantitative estimate of drug-likeness (QED) is 0.222. The fourth-order valence-electron chi connectivity index (χ4n) is 1.74. The minimum atomic E-state index is -0.702. The Bertz CT molecular complexity index is 737. The summed E-state index contributed by atoms with van der Waals surface area (Å²) in [6.07, 6.45) is -0.702. The Balaban J connectivity index is 2.07. The molecule has 0 bridgehead atoms. The summed E-state index contributed by atoms with van der Waals surface area (Å²) in [6.45, 7) is 1.65. The molecular weight excluding hydrogens is 282 g/mol. The van der Waals surface area contributed by atoms with Gasteiger partial charge in [-0.1, -0.05) is 52.7 Å². The molecule has 2 rings (SSSR count). The molecule has 110 valence electrons. The van der Waals surface area contributed by atoms with E-state index in [-0.39, 0.29) is 0 Å². The summed E-state index contributed by atoms with van der Waals surface area (Å²) in [5.74, 6) is 0. The molecule has 0 aromatic heterocycles. The van der Waals surface area contributed by atoms with E-state index in [9.17, 15) is 4.79 Å². The van der Waals surface area contributed by atoms with Gasteiger partial charge in [-0.25, -0.2) is 4.79 Å². The van der Waals surface area contributed by atoms with Gasteiger partial charge < -0.3 is 0 Å². The van der Waals surface area contributed by atoms with Crippen LogP contribution in [0.3, 0.4) is 0 Å². The molecule has 0 spiro atoms. The SMILES string of the molecule is C/C(=N\OC(=O)Nc1ccccc1)c1ccccc1N=[N+]=[N-]. The third-order valence-electron chi connectivity index (χ3n) is 2.73. The lowest BCUT2D eigenvalue weighted by Crippen LogP contribution is -2.11. The van der Waals surface area contributed by atoms with Gasteiger partial charge in [-0.05, 0) is 24.6 Å². The standard InChI is InChI=1S/C15H13N5O2/c1-11(13-9-5-6-10-14(13)18-20-16)19-22-15(21)17-12-7-3-2-4-8-12/h2-10H,1H3,(H,17,21)/b19-11+. The van der Waals surface area contributed by atoms with E-state index < -0.39 is 6.09 Å². The molecule has 0 aliphatic rings. The number of carbonyl (C=O) groups excluding carboxylic acids is 1. The molecule has 7 heteroatoms. The lowest BCUT2D eigenvalue weighted by Gasteiger charge is -2.05. The fourth-order valence-corrected chi connectivity index (χ4v) is 1.74. The molecule has 0 fully saturated rings. The predicted molar refractivity (Wildman–Crippen MR) is 84.0 cm³/mol. The van der Waals surface area contributed by atoms with Crippen LogP contribution in [0.1, 0.15) is 12.5 Å². The molecular formula is C15H13N5O2. The maximum atomic E-state index is 11.6. The number of anilines is 1. The summed E-state index contributed by atoms with van der Waals surface area (Å²) < 4.78 is 0. The van der Waals surface area contributed by atoms with Gasteiger partial charge in [-0.15, -0.1) is 0 Å². The summed E-state index contributed by atoms with van der Waals surface area (Å²) in [5, 5.41) is 9.86. The van der Waals surface area contributed by atoms with Gasteiger partial charge in [0.15, 0.2) is 0 Å². The molecule has 1 N–H and O–H groups in total. The summed E-state index contributed by atoms with van der Waals surface area (Å²) in [7, 11) is 0. The molecule has 0 radical (unpaired) electrons. The highest BCUT2D eigenvalue weighted by molar-refractivity contribution is 6.02. The van der Waals surface area contributed by atoms with Crippen LogP contribution < -0.4 is 5.32 Å². The van der Waals surface area contributed by atoms with Gasteiger partial charge in [-0.3, -0.25) is 10.2 Å². The van der Waals surface area contributed by atoms with Gasteiger partial charge in [0.05, 0.1) is 5.71 Å². The van der Waals surface area contributed by atoms with E-state index in [1.807, 2.05) is 6.07 Å². The topological polar surface area (TPSA) is 99.5 Å². The zero-order valence-corrected chi connectivity index (χ0v) is 11.8. The minimum Gasteiger partial charge on any atom is -0.298 e. The second-order valence-electron chi connectivity index (χ2n) is 4.25. The minimum absolute atomic E-state index is 0.415. The van der Waals surface area contributed by atoms with Gasteiger partial charge in [0.2, 0.25) is 0 Å². The third kappa shape index (κ3) is 4.09. The van der Waals surface area contributed by atoms with Crippen LogP contribution in [0.25, 0.3) is 10.4 Å². The Kier molecular flexibility index (Phi) is 5.12. The van der Waals surface area contributed by atoms with E-state index in [1.165, 1.54) is 0 Å². The highest BCUT2D eigenvalue weighted by atomic mass is 16.7. The Hall–Kier alpha value is -3.31. The van der Waals surface area contributed by atoms with Crippen molar-refractivity contribution in [1.29, 1.82) is 0 Å². The van der Waals surface area contributed by atoms with E-state index in [2.05, 4.69) is 20.5 Å². The van der Waals surface area contributed by atoms with Gasteiger partial charge in [0.1, 0.15) is 0 Å². The predicted octanol–water partition coefficient (Wildman–Crippen LogP) is 4.60. The first-order chi connectivity index (χ1) is 10.7. The second-order valence-corrected chi connectivity index (χ2v) is 4.25. The first-order valence-electron chi connectivity index (χ1n) is 6.43. The van der Waals surface area contributed by atoms with Crippen LogP contribution in [0.5, 0.6) is 0 Å². The fraction of sp³-hybridized carbons (Fsp3) is 0.0667. The first kappa shape index (κ1) is 15.1. The van der Waals surface area contributed by atoms with E-state index in [1.54, 1.807) is 55.5 Å². The molecule has 2 aromatic rings. The highest BCUT2D eigenvalue weighted by Gasteiger charge is 2.06. The number of amides is 1. The van der Waals surface area contributed by atoms with Crippen LogP contribution in [0, 0.1) is 0 Å². The third-order valence-corrected chi connectivity index (χ3v) is 2.73. The molecule has 0 atom stereocenters. The van der Waals surface area contributed by atoms with E-state index in [0.717, 1.165) is 0 Å². The average molecular weight is 295 g/mol. The first-order valence-corrected chi connectivity index (χ1v) is 6.43. The summed E-state index contributed by atoms with van der Waals surface area (Å²) in [4.78, 5) is 19.2. The molecule has 0 saturated heterocycles. The second kappa shape index (κ2) is 7.47. The number of para-hydroxylation sites is 1. The van der Waals surface area contributed by atoms with Gasteiger partial charge in [-0.2, -0.15) is 0 Å². The molecule has 2 aromatic carbocycles. The van der Waals surface area contributed by atoms with Gasteiger partial charge in [0, 0.05) is 21.8 Å². The van der Waals surface area contributed by atoms with Crippen molar-refractivity contribution >= 4 is 23.2 Å². The molecule has 0 aliphatic carbocycles. The number of nitrogens with zero attached hydrogens (tertiary/aromatic N) is 4. The van der Waals surface area contributed by atoms with Crippen LogP contribution in [0.15, 0.2) is 64.9 Å². The molecule has 7 nitrogen and oxygen atoms in total. The van der Waals surface area contributed by atoms with Crippen LogP contribution >= 0.6 is 0 Å². The van der Waals surface area contributed by atoms with Crippen LogP contribution in [-0.2, 0) is 4.84 Å². The highest BCUT2D eigenvalue weighted by Crippen LogP contribution is 2.19. The lowest BCUT2D eigenvalue weighted by atomic mass is 10.1. The number of benzene rings is 2. The Labute approximate surface area is 126 Å². The van der Waals surface area contributed by atoms with Crippen molar-refractivity contribution in [3.63, 3.8) is 0 Å². The van der Waals surface area contributed by atoms with E-state index in [4.69, 9.17) is 10.4 Å². The monoisotopic (exact) mass is 295 g/mol. The van der Waals surface area contributed by atoms with Crippen molar-refractivity contribution in [2.75, 3.05) is 5.32 Å². The number of hydrogen-bond donors (Lipinski definition) is 1. The smallest absolute Gasteiger partial charge is 0.298 e. The maximum Gasteiger partial charge on any atom is 0.437 e. The number of rotatable bonds is 4. The average Bonchev–Trinajstić information content (AvgIpc) is 2.54. The van der Waals surface area contributed by atoms with Crippen molar-refractivity contribution in [2.45, 2.75) is 6.92 Å². The van der Waals surface area contributed by atoms with Crippen molar-refractivity contribution in [3.8, 4) is 0 Å². The molecule has 0 heterocycles. The maximum absolute atomic E-state index is 11.6. The largest absolute Gasteiger partial charge is 0.437 e. The molecule has 0 unspecified atom stereocenters. The molecule has 1 amide bonds. The van der Waals surface area contributed by atoms with E-state index in [0.29, 0.717) is 22.6 Å². The molecule has 0 saturated carbocycles. The number of azide groups is 1. The zero-order chi connectivity index (χ0) is 15.8. The van der Waals surface area contributed by atoms with Crippen molar-refractivity contribution in [2.24, 2.45) is 10.3 Å². The summed E-state index contributed by atoms with van der Waals surface area (Å²) in [5.41, 5.74) is 10.6. The molecule has 0 aliphatic heterocycles. The normalized spacial score (nSPS) is 10.5. The van der Waals surface area contributed by atoms with Crippen LogP contribution in [0.4, 0.5) is 16.2 Å². The lowest BCUT2D eigenvalue weighted by molar-refractivity contribution is 0.166. The van der Waals surface area contributed by atoms with Crippen molar-refractivity contribution in [1.82, 2.24) is 0 Å². The van der Waals surface area contributed by atoms with Crippen molar-refractivity contribution < 1.29 is 9.63 Å². The van der Waals surface area contributed by atoms with Crippen LogP contribution in [-0.4, -0.2) is 11.8 Å². The Morgan fingerprint density at radius 2 is 1.82 bits per heavy atom. The molecule has 22 heavy (non-hydrogen) atoms. The van der Waals surface area contributed by atoms with Crippen LogP contribution in [0.2, 0.25) is 0 Å². The Morgan fingerprint density at radius 1 is 1.14 bits per heavy atom. The Morgan fingerprint density at radius 3 is 2.55 bits per heavy atom. The zero-order valence-electron chi connectivity index (χ0n) is 11.8. The number of hydrogen-bond acceptors (Lipinski definition) is 4. The number of oxime groups is 1. The summed E-state index contributed by atoms with van der Waals surface area (Å²) >= 11 is 0. The van der Waals surface area contributed by atoms with Crippen molar-refractivity contribution in [3.05, 3.63) is 70.6 Å².